The van der Waals surface area contributed by atoms with Gasteiger partial charge >= 0.3 is 0 Å². The Bertz CT molecular complexity index is 611. The predicted molar refractivity (Wildman–Crippen MR) is 99.1 cm³/mol. The Balaban J connectivity index is 0.00000182. The molecule has 3 aliphatic rings. The number of nitrogens with one attached hydrogen (secondary N) is 2. The summed E-state index contributed by atoms with van der Waals surface area (Å²) in [5.74, 6) is 0.461. The molecule has 4 rings (SSSR count). The molecule has 0 radical (unpaired) electrons. The molecule has 1 amide bonds. The minimum absolute atomic E-state index is 0. The second-order valence-corrected chi connectivity index (χ2v) is 7.92. The molecule has 1 aromatic rings. The molecule has 0 bridgehead atoms. The molecule has 2 saturated carbocycles. The number of hydrogen-bond acceptors (Lipinski definition) is 2. The fourth-order valence-corrected chi connectivity index (χ4v) is 4.92. The molecule has 1 aliphatic heterocycles. The summed E-state index contributed by atoms with van der Waals surface area (Å²) in [5, 5.41) is 6.63. The molecule has 3 fully saturated rings. The Morgan fingerprint density at radius 2 is 1.88 bits per heavy atom. The van der Waals surface area contributed by atoms with E-state index in [1.165, 1.54) is 18.9 Å². The van der Waals surface area contributed by atoms with Crippen LogP contribution in [0.4, 0.5) is 4.39 Å². The van der Waals surface area contributed by atoms with Crippen molar-refractivity contribution in [3.63, 3.8) is 0 Å². The Morgan fingerprint density at radius 1 is 1.20 bits per heavy atom. The molecule has 1 spiro atoms. The number of amides is 1. The number of carbonyl (C=O) groups is 1. The highest BCUT2D eigenvalue weighted by molar-refractivity contribution is 5.85. The normalized spacial score (nSPS) is 26.0. The molecule has 2 unspecified atom stereocenters. The Kier molecular flexibility index (Phi) is 5.69. The lowest BCUT2D eigenvalue weighted by Gasteiger charge is -2.27. The number of benzene rings is 1. The van der Waals surface area contributed by atoms with E-state index in [9.17, 15) is 9.18 Å². The van der Waals surface area contributed by atoms with E-state index in [0.29, 0.717) is 11.5 Å². The standard InChI is InChI=1S/C20H27FN2O.ClH/c21-17-8-4-3-7-15(17)18(14-5-1-2-6-14)23-19(24)16-13-20(16)9-11-22-12-10-20;/h3-4,7-8,14,16,18,22H,1-2,5-6,9-13H2,(H,23,24);1H. The van der Waals surface area contributed by atoms with E-state index >= 15 is 0 Å². The van der Waals surface area contributed by atoms with E-state index in [-0.39, 0.29) is 41.5 Å². The lowest BCUT2D eigenvalue weighted by Crippen LogP contribution is -2.37. The van der Waals surface area contributed by atoms with E-state index in [4.69, 9.17) is 0 Å². The van der Waals surface area contributed by atoms with Crippen molar-refractivity contribution in [3.05, 3.63) is 35.6 Å². The maximum Gasteiger partial charge on any atom is 0.224 e. The summed E-state index contributed by atoms with van der Waals surface area (Å²) < 4.78 is 14.3. The number of halogens is 2. The van der Waals surface area contributed by atoms with E-state index in [1.54, 1.807) is 6.07 Å². The first kappa shape index (κ1) is 18.7. The van der Waals surface area contributed by atoms with Crippen LogP contribution in [0.1, 0.15) is 56.6 Å². The Labute approximate surface area is 155 Å². The molecule has 1 aromatic carbocycles. The smallest absolute Gasteiger partial charge is 0.224 e. The number of carbonyl (C=O) groups excluding carboxylic acids is 1. The van der Waals surface area contributed by atoms with Gasteiger partial charge in [0.15, 0.2) is 0 Å². The first-order chi connectivity index (χ1) is 11.7. The SMILES string of the molecule is Cl.O=C(NC(c1ccccc1F)C1CCCC1)C1CC12CCNCC2. The quantitative estimate of drug-likeness (QED) is 0.846. The van der Waals surface area contributed by atoms with Crippen LogP contribution in [0, 0.1) is 23.1 Å². The number of hydrogen-bond donors (Lipinski definition) is 2. The molecule has 0 aromatic heterocycles. The van der Waals surface area contributed by atoms with Crippen molar-refractivity contribution in [2.75, 3.05) is 13.1 Å². The summed E-state index contributed by atoms with van der Waals surface area (Å²) in [6, 6.07) is 6.77. The largest absolute Gasteiger partial charge is 0.349 e. The van der Waals surface area contributed by atoms with Gasteiger partial charge in [-0.15, -0.1) is 12.4 Å². The first-order valence-electron chi connectivity index (χ1n) is 9.45. The highest BCUT2D eigenvalue weighted by Crippen LogP contribution is 2.58. The molecule has 1 saturated heterocycles. The molecule has 5 heteroatoms. The van der Waals surface area contributed by atoms with Gasteiger partial charge < -0.3 is 10.6 Å². The highest BCUT2D eigenvalue weighted by atomic mass is 35.5. The molecule has 2 atom stereocenters. The third-order valence-corrected chi connectivity index (χ3v) is 6.51. The minimum Gasteiger partial charge on any atom is -0.349 e. The van der Waals surface area contributed by atoms with E-state index in [2.05, 4.69) is 10.6 Å². The summed E-state index contributed by atoms with van der Waals surface area (Å²) in [4.78, 5) is 12.9. The van der Waals surface area contributed by atoms with Gasteiger partial charge in [0, 0.05) is 11.5 Å². The summed E-state index contributed by atoms with van der Waals surface area (Å²) in [7, 11) is 0. The fourth-order valence-electron chi connectivity index (χ4n) is 4.92. The molecule has 138 valence electrons. The highest BCUT2D eigenvalue weighted by Gasteiger charge is 2.58. The summed E-state index contributed by atoms with van der Waals surface area (Å²) in [6.07, 6.45) is 7.74. The van der Waals surface area contributed by atoms with E-state index in [0.717, 1.165) is 45.2 Å². The molecule has 2 N–H and O–H groups in total. The summed E-state index contributed by atoms with van der Waals surface area (Å²) in [5.41, 5.74) is 0.892. The zero-order valence-corrected chi connectivity index (χ0v) is 15.4. The summed E-state index contributed by atoms with van der Waals surface area (Å²) >= 11 is 0. The van der Waals surface area contributed by atoms with Crippen molar-refractivity contribution >= 4 is 18.3 Å². The van der Waals surface area contributed by atoms with Gasteiger partial charge in [-0.3, -0.25) is 4.79 Å². The van der Waals surface area contributed by atoms with Crippen molar-refractivity contribution in [3.8, 4) is 0 Å². The third-order valence-electron chi connectivity index (χ3n) is 6.51. The Hall–Kier alpha value is -1.13. The molecule has 25 heavy (non-hydrogen) atoms. The average molecular weight is 367 g/mol. The van der Waals surface area contributed by atoms with Gasteiger partial charge in [-0.05, 0) is 62.6 Å². The van der Waals surface area contributed by atoms with Crippen molar-refractivity contribution in [2.24, 2.45) is 17.3 Å². The van der Waals surface area contributed by atoms with Gasteiger partial charge in [0.1, 0.15) is 5.82 Å². The van der Waals surface area contributed by atoms with Gasteiger partial charge in [-0.25, -0.2) is 4.39 Å². The topological polar surface area (TPSA) is 41.1 Å². The van der Waals surface area contributed by atoms with Crippen LogP contribution in [0.15, 0.2) is 24.3 Å². The van der Waals surface area contributed by atoms with E-state index in [1.807, 2.05) is 12.1 Å². The van der Waals surface area contributed by atoms with Crippen LogP contribution in [0.2, 0.25) is 0 Å². The van der Waals surface area contributed by atoms with Crippen LogP contribution in [-0.2, 0) is 4.79 Å². The van der Waals surface area contributed by atoms with Crippen molar-refractivity contribution in [1.82, 2.24) is 10.6 Å². The maximum atomic E-state index is 14.3. The lowest BCUT2D eigenvalue weighted by molar-refractivity contribution is -0.124. The van der Waals surface area contributed by atoms with Gasteiger partial charge in [-0.1, -0.05) is 31.0 Å². The van der Waals surface area contributed by atoms with Crippen LogP contribution in [-0.4, -0.2) is 19.0 Å². The second kappa shape index (κ2) is 7.63. The van der Waals surface area contributed by atoms with E-state index < -0.39 is 0 Å². The Morgan fingerprint density at radius 3 is 2.56 bits per heavy atom. The first-order valence-corrected chi connectivity index (χ1v) is 9.45. The van der Waals surface area contributed by atoms with Gasteiger partial charge in [0.25, 0.3) is 0 Å². The number of piperidine rings is 1. The van der Waals surface area contributed by atoms with Crippen LogP contribution in [0.5, 0.6) is 0 Å². The minimum atomic E-state index is -0.193. The molecule has 2 aliphatic carbocycles. The van der Waals surface area contributed by atoms with Crippen LogP contribution < -0.4 is 10.6 Å². The predicted octanol–water partition coefficient (Wildman–Crippen LogP) is 3.98. The number of rotatable bonds is 4. The monoisotopic (exact) mass is 366 g/mol. The van der Waals surface area contributed by atoms with Gasteiger partial charge in [0.2, 0.25) is 5.91 Å². The van der Waals surface area contributed by atoms with Gasteiger partial charge in [-0.2, -0.15) is 0 Å². The molecule has 3 nitrogen and oxygen atoms in total. The maximum absolute atomic E-state index is 14.3. The molecular formula is C20H28ClFN2O. The van der Waals surface area contributed by atoms with Crippen LogP contribution in [0.3, 0.4) is 0 Å². The fraction of sp³-hybridized carbons (Fsp3) is 0.650. The van der Waals surface area contributed by atoms with Crippen LogP contribution >= 0.6 is 12.4 Å². The zero-order valence-electron chi connectivity index (χ0n) is 14.6. The second-order valence-electron chi connectivity index (χ2n) is 7.92. The zero-order chi connectivity index (χ0) is 16.6. The van der Waals surface area contributed by atoms with Gasteiger partial charge in [0.05, 0.1) is 6.04 Å². The molecular weight excluding hydrogens is 339 g/mol. The van der Waals surface area contributed by atoms with Crippen molar-refractivity contribution in [2.45, 2.75) is 51.0 Å². The van der Waals surface area contributed by atoms with Crippen molar-refractivity contribution in [1.29, 1.82) is 0 Å². The third kappa shape index (κ3) is 3.70. The molecule has 1 heterocycles. The van der Waals surface area contributed by atoms with Crippen molar-refractivity contribution < 1.29 is 9.18 Å². The summed E-state index contributed by atoms with van der Waals surface area (Å²) in [6.45, 7) is 2.03. The average Bonchev–Trinajstić information content (AvgIpc) is 3.04. The van der Waals surface area contributed by atoms with Crippen LogP contribution in [0.25, 0.3) is 0 Å². The lowest BCUT2D eigenvalue weighted by atomic mass is 9.89.